The summed E-state index contributed by atoms with van der Waals surface area (Å²) in [6, 6.07) is 0. The smallest absolute Gasteiger partial charge is 0.0259 e. The number of allylic oxidation sites excluding steroid dienone is 1. The fraction of sp³-hybridized carbons (Fsp3) is 0.600. The molecule has 0 N–H and O–H groups in total. The fourth-order valence-electron chi connectivity index (χ4n) is 0.364. The molecule has 0 heterocycles. The van der Waals surface area contributed by atoms with E-state index >= 15 is 0 Å². The predicted octanol–water partition coefficient (Wildman–Crippen LogP) is 3.00. The summed E-state index contributed by atoms with van der Waals surface area (Å²) in [6.45, 7) is 12.1. The van der Waals surface area contributed by atoms with E-state index in [0.29, 0.717) is 0 Å². The van der Waals surface area contributed by atoms with Crippen molar-refractivity contribution >= 4 is 0 Å². The number of hydrogen-bond acceptors (Lipinski definition) is 0. The first kappa shape index (κ1) is 9.30. The molecule has 0 bridgehead atoms. The number of hydrogen-bond donors (Lipinski definition) is 0. The second-order valence-electron chi connectivity index (χ2n) is 3.27. The van der Waals surface area contributed by atoms with Gasteiger partial charge in [0.2, 0.25) is 0 Å². The standard InChI is InChI=1S/C10H16/c1-6-10(4,5)8-7-9(2)3/h2,6H2,1,3-5H3. The van der Waals surface area contributed by atoms with Gasteiger partial charge in [0.25, 0.3) is 0 Å². The first-order valence-corrected chi connectivity index (χ1v) is 3.66. The molecule has 0 saturated heterocycles. The van der Waals surface area contributed by atoms with Gasteiger partial charge in [0.05, 0.1) is 0 Å². The molecule has 0 fully saturated rings. The van der Waals surface area contributed by atoms with E-state index in [-0.39, 0.29) is 5.41 Å². The van der Waals surface area contributed by atoms with Crippen LogP contribution in [0.1, 0.15) is 34.1 Å². The van der Waals surface area contributed by atoms with Gasteiger partial charge >= 0.3 is 0 Å². The summed E-state index contributed by atoms with van der Waals surface area (Å²) in [4.78, 5) is 0. The van der Waals surface area contributed by atoms with E-state index in [4.69, 9.17) is 0 Å². The third-order valence-electron chi connectivity index (χ3n) is 1.50. The summed E-state index contributed by atoms with van der Waals surface area (Å²) in [5.74, 6) is 6.15. The molecule has 0 atom stereocenters. The maximum Gasteiger partial charge on any atom is 0.0259 e. The monoisotopic (exact) mass is 136 g/mol. The van der Waals surface area contributed by atoms with Crippen LogP contribution in [-0.2, 0) is 0 Å². The molecule has 56 valence electrons. The van der Waals surface area contributed by atoms with Gasteiger partial charge in [0, 0.05) is 5.41 Å². The van der Waals surface area contributed by atoms with Crippen LogP contribution in [0.15, 0.2) is 12.2 Å². The zero-order chi connectivity index (χ0) is 8.20. The minimum absolute atomic E-state index is 0.152. The average Bonchev–Trinajstić information content (AvgIpc) is 1.85. The molecule has 0 amide bonds. The fourth-order valence-corrected chi connectivity index (χ4v) is 0.364. The van der Waals surface area contributed by atoms with Gasteiger partial charge in [0.15, 0.2) is 0 Å². The van der Waals surface area contributed by atoms with Gasteiger partial charge in [0.1, 0.15) is 0 Å². The number of rotatable bonds is 1. The van der Waals surface area contributed by atoms with Crippen LogP contribution < -0.4 is 0 Å². The molecule has 0 spiro atoms. The Balaban J connectivity index is 4.15. The maximum atomic E-state index is 3.72. The third kappa shape index (κ3) is 4.21. The highest BCUT2D eigenvalue weighted by Gasteiger charge is 2.09. The Bertz CT molecular complexity index is 174. The van der Waals surface area contributed by atoms with E-state index in [0.717, 1.165) is 12.0 Å². The van der Waals surface area contributed by atoms with Gasteiger partial charge in [-0.1, -0.05) is 25.3 Å². The van der Waals surface area contributed by atoms with Crippen molar-refractivity contribution in [2.75, 3.05) is 0 Å². The third-order valence-corrected chi connectivity index (χ3v) is 1.50. The Hall–Kier alpha value is -0.700. The molecule has 0 radical (unpaired) electrons. The maximum absolute atomic E-state index is 3.72. The molecule has 0 aliphatic rings. The minimum atomic E-state index is 0.152. The SMILES string of the molecule is C=C(C)C#CC(C)(C)CC. The van der Waals surface area contributed by atoms with E-state index in [9.17, 15) is 0 Å². The lowest BCUT2D eigenvalue weighted by Gasteiger charge is -2.12. The summed E-state index contributed by atoms with van der Waals surface area (Å²) < 4.78 is 0. The van der Waals surface area contributed by atoms with Crippen LogP contribution in [0.3, 0.4) is 0 Å². The molecule has 0 aromatic carbocycles. The van der Waals surface area contributed by atoms with E-state index < -0.39 is 0 Å². The van der Waals surface area contributed by atoms with Crippen molar-refractivity contribution in [3.63, 3.8) is 0 Å². The normalized spacial score (nSPS) is 10.0. The minimum Gasteiger partial charge on any atom is -0.0920 e. The zero-order valence-corrected chi connectivity index (χ0v) is 7.41. The van der Waals surface area contributed by atoms with Gasteiger partial charge in [-0.05, 0) is 32.8 Å². The quantitative estimate of drug-likeness (QED) is 0.486. The topological polar surface area (TPSA) is 0 Å². The van der Waals surface area contributed by atoms with Gasteiger partial charge in [-0.15, -0.1) is 0 Å². The van der Waals surface area contributed by atoms with Crippen molar-refractivity contribution in [3.05, 3.63) is 12.2 Å². The van der Waals surface area contributed by atoms with Crippen molar-refractivity contribution < 1.29 is 0 Å². The van der Waals surface area contributed by atoms with E-state index in [1.165, 1.54) is 0 Å². The highest BCUT2D eigenvalue weighted by Crippen LogP contribution is 2.17. The van der Waals surface area contributed by atoms with E-state index in [1.54, 1.807) is 0 Å². The molecule has 0 saturated carbocycles. The Morgan fingerprint density at radius 3 is 2.30 bits per heavy atom. The summed E-state index contributed by atoms with van der Waals surface area (Å²) in [6.07, 6.45) is 1.09. The van der Waals surface area contributed by atoms with Crippen molar-refractivity contribution in [2.45, 2.75) is 34.1 Å². The van der Waals surface area contributed by atoms with Crippen molar-refractivity contribution in [1.29, 1.82) is 0 Å². The van der Waals surface area contributed by atoms with Gasteiger partial charge in [-0.25, -0.2) is 0 Å². The molecule has 0 aromatic heterocycles. The lowest BCUT2D eigenvalue weighted by Crippen LogP contribution is -2.04. The van der Waals surface area contributed by atoms with Gasteiger partial charge in [-0.3, -0.25) is 0 Å². The van der Waals surface area contributed by atoms with Gasteiger partial charge < -0.3 is 0 Å². The Morgan fingerprint density at radius 2 is 2.00 bits per heavy atom. The lowest BCUT2D eigenvalue weighted by atomic mass is 9.91. The molecule has 0 heteroatoms. The second kappa shape index (κ2) is 3.46. The molecule has 0 unspecified atom stereocenters. The van der Waals surface area contributed by atoms with Crippen LogP contribution in [0.5, 0.6) is 0 Å². The van der Waals surface area contributed by atoms with Crippen molar-refractivity contribution in [2.24, 2.45) is 5.41 Å². The molecule has 0 aliphatic carbocycles. The van der Waals surface area contributed by atoms with E-state index in [1.807, 2.05) is 6.92 Å². The molecule has 0 rings (SSSR count). The first-order chi connectivity index (χ1) is 4.48. The van der Waals surface area contributed by atoms with Crippen LogP contribution >= 0.6 is 0 Å². The van der Waals surface area contributed by atoms with Crippen molar-refractivity contribution in [1.82, 2.24) is 0 Å². The first-order valence-electron chi connectivity index (χ1n) is 3.66. The molecule has 10 heavy (non-hydrogen) atoms. The van der Waals surface area contributed by atoms with E-state index in [2.05, 4.69) is 39.2 Å². The van der Waals surface area contributed by atoms with Gasteiger partial charge in [-0.2, -0.15) is 0 Å². The Kier molecular flexibility index (Phi) is 3.22. The van der Waals surface area contributed by atoms with Crippen molar-refractivity contribution in [3.8, 4) is 11.8 Å². The molecule has 0 nitrogen and oxygen atoms in total. The molecular formula is C10H16. The highest BCUT2D eigenvalue weighted by atomic mass is 14.1. The predicted molar refractivity (Wildman–Crippen MR) is 46.7 cm³/mol. The molecule has 0 aliphatic heterocycles. The summed E-state index contributed by atoms with van der Waals surface area (Å²) in [5.41, 5.74) is 1.10. The largest absolute Gasteiger partial charge is 0.0920 e. The Morgan fingerprint density at radius 1 is 1.50 bits per heavy atom. The van der Waals surface area contributed by atoms with Crippen LogP contribution in [-0.4, -0.2) is 0 Å². The summed E-state index contributed by atoms with van der Waals surface area (Å²) in [5, 5.41) is 0. The highest BCUT2D eigenvalue weighted by molar-refractivity contribution is 5.25. The summed E-state index contributed by atoms with van der Waals surface area (Å²) >= 11 is 0. The van der Waals surface area contributed by atoms with Crippen LogP contribution in [0.2, 0.25) is 0 Å². The lowest BCUT2D eigenvalue weighted by molar-refractivity contribution is 0.484. The zero-order valence-electron chi connectivity index (χ0n) is 7.41. The summed E-state index contributed by atoms with van der Waals surface area (Å²) in [7, 11) is 0. The van der Waals surface area contributed by atoms with Crippen LogP contribution in [0, 0.1) is 17.3 Å². The Labute approximate surface area is 64.3 Å². The van der Waals surface area contributed by atoms with Crippen LogP contribution in [0.4, 0.5) is 0 Å². The second-order valence-corrected chi connectivity index (χ2v) is 3.27. The van der Waals surface area contributed by atoms with Crippen LogP contribution in [0.25, 0.3) is 0 Å². The molecule has 0 aromatic rings. The molecular weight excluding hydrogens is 120 g/mol. The average molecular weight is 136 g/mol.